The Kier molecular flexibility index (Phi) is 5.26. The molecule has 5 nitrogen and oxygen atoms in total. The molecule has 136 valence electrons. The van der Waals surface area contributed by atoms with Gasteiger partial charge in [0.25, 0.3) is 5.91 Å². The Morgan fingerprint density at radius 3 is 2.54 bits per heavy atom. The molecule has 2 aromatic rings. The highest BCUT2D eigenvalue weighted by molar-refractivity contribution is 5.94. The Hall–Kier alpha value is -2.82. The van der Waals surface area contributed by atoms with Gasteiger partial charge in [-0.05, 0) is 35.4 Å². The van der Waals surface area contributed by atoms with Crippen molar-refractivity contribution in [3.8, 4) is 16.9 Å². The van der Waals surface area contributed by atoms with Gasteiger partial charge in [0.15, 0.2) is 0 Å². The highest BCUT2D eigenvalue weighted by atomic mass is 16.5. The van der Waals surface area contributed by atoms with Gasteiger partial charge >= 0.3 is 0 Å². The lowest BCUT2D eigenvalue weighted by Gasteiger charge is -2.21. The number of carbonyl (C=O) groups excluding carboxylic acids is 2. The van der Waals surface area contributed by atoms with Crippen molar-refractivity contribution >= 4 is 11.8 Å². The lowest BCUT2D eigenvalue weighted by molar-refractivity contribution is -0.126. The smallest absolute Gasteiger partial charge is 0.253 e. The Balaban J connectivity index is 1.67. The van der Waals surface area contributed by atoms with Crippen LogP contribution in [0.15, 0.2) is 48.5 Å². The molecule has 1 heterocycles. The fraction of sp³-hybridized carbons (Fsp3) is 0.333. The molecule has 2 amide bonds. The maximum atomic E-state index is 12.7. The van der Waals surface area contributed by atoms with E-state index >= 15 is 0 Å². The normalized spacial score (nSPS) is 16.7. The van der Waals surface area contributed by atoms with Crippen LogP contribution in [0.25, 0.3) is 11.1 Å². The van der Waals surface area contributed by atoms with Gasteiger partial charge in [-0.25, -0.2) is 0 Å². The van der Waals surface area contributed by atoms with E-state index in [4.69, 9.17) is 4.74 Å². The van der Waals surface area contributed by atoms with Crippen LogP contribution in [0.1, 0.15) is 16.8 Å². The van der Waals surface area contributed by atoms with E-state index in [1.807, 2.05) is 48.5 Å². The first kappa shape index (κ1) is 18.0. The van der Waals surface area contributed by atoms with Crippen LogP contribution >= 0.6 is 0 Å². The highest BCUT2D eigenvalue weighted by Crippen LogP contribution is 2.24. The zero-order chi connectivity index (χ0) is 18.7. The second-order valence-corrected chi connectivity index (χ2v) is 6.84. The van der Waals surface area contributed by atoms with E-state index in [0.717, 1.165) is 16.9 Å². The topological polar surface area (TPSA) is 49.9 Å². The van der Waals surface area contributed by atoms with Crippen molar-refractivity contribution in [2.24, 2.45) is 5.92 Å². The van der Waals surface area contributed by atoms with E-state index in [2.05, 4.69) is 0 Å². The monoisotopic (exact) mass is 352 g/mol. The molecule has 0 saturated carbocycles. The number of nitrogens with zero attached hydrogens (tertiary/aromatic N) is 2. The summed E-state index contributed by atoms with van der Waals surface area (Å²) >= 11 is 0. The van der Waals surface area contributed by atoms with Gasteiger partial charge in [-0.3, -0.25) is 9.59 Å². The third-order valence-corrected chi connectivity index (χ3v) is 4.83. The lowest BCUT2D eigenvalue weighted by Crippen LogP contribution is -2.32. The van der Waals surface area contributed by atoms with Crippen molar-refractivity contribution < 1.29 is 14.3 Å². The molecule has 1 fully saturated rings. The molecule has 0 bridgehead atoms. The Labute approximate surface area is 154 Å². The molecule has 0 radical (unpaired) electrons. The number of carbonyl (C=O) groups is 2. The van der Waals surface area contributed by atoms with Crippen LogP contribution in [0.4, 0.5) is 0 Å². The maximum Gasteiger partial charge on any atom is 0.253 e. The Bertz CT molecular complexity index is 801. The molecule has 0 aliphatic carbocycles. The standard InChI is InChI=1S/C21H24N2O3/c1-22-13-15(11-20(22)24)14-23(2)21(25)17-9-7-16(8-10-17)18-5-4-6-19(12-18)26-3/h4-10,12,15H,11,13-14H2,1-3H3/t15-/m1/s1. The van der Waals surface area contributed by atoms with Gasteiger partial charge in [-0.1, -0.05) is 24.3 Å². The zero-order valence-electron chi connectivity index (χ0n) is 15.4. The molecule has 0 spiro atoms. The molecule has 5 heteroatoms. The van der Waals surface area contributed by atoms with Crippen LogP contribution in [-0.2, 0) is 4.79 Å². The van der Waals surface area contributed by atoms with Crippen LogP contribution in [0.5, 0.6) is 5.75 Å². The molecule has 26 heavy (non-hydrogen) atoms. The largest absolute Gasteiger partial charge is 0.497 e. The van der Waals surface area contributed by atoms with E-state index in [9.17, 15) is 9.59 Å². The van der Waals surface area contributed by atoms with Crippen LogP contribution in [-0.4, -0.2) is 55.9 Å². The summed E-state index contributed by atoms with van der Waals surface area (Å²) < 4.78 is 5.26. The summed E-state index contributed by atoms with van der Waals surface area (Å²) in [5.74, 6) is 1.14. The van der Waals surface area contributed by atoms with E-state index < -0.39 is 0 Å². The molecule has 0 N–H and O–H groups in total. The molecule has 1 atom stereocenters. The number of hydrogen-bond donors (Lipinski definition) is 0. The van der Waals surface area contributed by atoms with Crippen LogP contribution in [0, 0.1) is 5.92 Å². The van der Waals surface area contributed by atoms with Crippen LogP contribution in [0.2, 0.25) is 0 Å². The van der Waals surface area contributed by atoms with Gasteiger partial charge in [0, 0.05) is 45.1 Å². The van der Waals surface area contributed by atoms with Gasteiger partial charge in [-0.15, -0.1) is 0 Å². The van der Waals surface area contributed by atoms with Crippen LogP contribution in [0.3, 0.4) is 0 Å². The Morgan fingerprint density at radius 1 is 1.19 bits per heavy atom. The SMILES string of the molecule is COc1cccc(-c2ccc(C(=O)N(C)C[C@@H]3CC(=O)N(C)C3)cc2)c1. The minimum Gasteiger partial charge on any atom is -0.497 e. The van der Waals surface area contributed by atoms with Gasteiger partial charge < -0.3 is 14.5 Å². The minimum absolute atomic E-state index is 0.0239. The second-order valence-electron chi connectivity index (χ2n) is 6.84. The van der Waals surface area contributed by atoms with Gasteiger partial charge in [0.2, 0.25) is 5.91 Å². The van der Waals surface area contributed by atoms with Gasteiger partial charge in [0.05, 0.1) is 7.11 Å². The lowest BCUT2D eigenvalue weighted by atomic mass is 10.0. The first-order valence-corrected chi connectivity index (χ1v) is 8.72. The molecule has 1 aliphatic heterocycles. The first-order valence-electron chi connectivity index (χ1n) is 8.72. The van der Waals surface area contributed by atoms with Gasteiger partial charge in [-0.2, -0.15) is 0 Å². The third kappa shape index (κ3) is 3.87. The predicted molar refractivity (Wildman–Crippen MR) is 101 cm³/mol. The molecule has 3 rings (SSSR count). The molecule has 1 aliphatic rings. The van der Waals surface area contributed by atoms with Crippen molar-refractivity contribution in [2.75, 3.05) is 34.3 Å². The number of benzene rings is 2. The summed E-state index contributed by atoms with van der Waals surface area (Å²) in [6.07, 6.45) is 0.517. The quantitative estimate of drug-likeness (QED) is 0.831. The van der Waals surface area contributed by atoms with Gasteiger partial charge in [0.1, 0.15) is 5.75 Å². The van der Waals surface area contributed by atoms with Crippen molar-refractivity contribution in [3.63, 3.8) is 0 Å². The number of amides is 2. The summed E-state index contributed by atoms with van der Waals surface area (Å²) in [7, 11) is 5.24. The molecule has 0 unspecified atom stereocenters. The summed E-state index contributed by atoms with van der Waals surface area (Å²) in [6.45, 7) is 1.30. The fourth-order valence-electron chi connectivity index (χ4n) is 3.38. The number of hydrogen-bond acceptors (Lipinski definition) is 3. The molecule has 1 saturated heterocycles. The highest BCUT2D eigenvalue weighted by Gasteiger charge is 2.28. The number of methoxy groups -OCH3 is 1. The third-order valence-electron chi connectivity index (χ3n) is 4.83. The van der Waals surface area contributed by atoms with Crippen molar-refractivity contribution in [1.82, 2.24) is 9.80 Å². The zero-order valence-corrected chi connectivity index (χ0v) is 15.4. The summed E-state index contributed by atoms with van der Waals surface area (Å²) in [6, 6.07) is 15.4. The summed E-state index contributed by atoms with van der Waals surface area (Å²) in [4.78, 5) is 27.7. The van der Waals surface area contributed by atoms with Crippen molar-refractivity contribution in [3.05, 3.63) is 54.1 Å². The first-order chi connectivity index (χ1) is 12.5. The molecular formula is C21H24N2O3. The Morgan fingerprint density at radius 2 is 1.92 bits per heavy atom. The average Bonchev–Trinajstić information content (AvgIpc) is 2.98. The van der Waals surface area contributed by atoms with Crippen molar-refractivity contribution in [2.45, 2.75) is 6.42 Å². The van der Waals surface area contributed by atoms with E-state index in [0.29, 0.717) is 25.1 Å². The van der Waals surface area contributed by atoms with Crippen molar-refractivity contribution in [1.29, 1.82) is 0 Å². The van der Waals surface area contributed by atoms with E-state index in [-0.39, 0.29) is 17.7 Å². The van der Waals surface area contributed by atoms with E-state index in [1.165, 1.54) is 0 Å². The molecule has 0 aromatic heterocycles. The summed E-state index contributed by atoms with van der Waals surface area (Å²) in [5.41, 5.74) is 2.73. The fourth-order valence-corrected chi connectivity index (χ4v) is 3.38. The average molecular weight is 352 g/mol. The second kappa shape index (κ2) is 7.60. The van der Waals surface area contributed by atoms with Crippen LogP contribution < -0.4 is 4.74 Å². The molecule has 2 aromatic carbocycles. The minimum atomic E-state index is -0.0239. The number of likely N-dealkylation sites (tertiary alicyclic amines) is 1. The van der Waals surface area contributed by atoms with E-state index in [1.54, 1.807) is 31.0 Å². The summed E-state index contributed by atoms with van der Waals surface area (Å²) in [5, 5.41) is 0. The molecular weight excluding hydrogens is 328 g/mol. The number of ether oxygens (including phenoxy) is 1. The number of rotatable bonds is 5. The predicted octanol–water partition coefficient (Wildman–Crippen LogP) is 2.91. The maximum absolute atomic E-state index is 12.7.